The van der Waals surface area contributed by atoms with Gasteiger partial charge in [-0.2, -0.15) is 0 Å². The summed E-state index contributed by atoms with van der Waals surface area (Å²) in [6.07, 6.45) is 11.9. The lowest BCUT2D eigenvalue weighted by atomic mass is 10.0. The van der Waals surface area contributed by atoms with E-state index in [-0.39, 0.29) is 4.90 Å². The molecule has 0 saturated heterocycles. The van der Waals surface area contributed by atoms with Crippen LogP contribution in [-0.4, -0.2) is 36.9 Å². The second kappa shape index (κ2) is 11.9. The Hall–Kier alpha value is -1.98. The van der Waals surface area contributed by atoms with Crippen LogP contribution in [0.4, 0.5) is 0 Å². The monoisotopic (exact) mass is 415 g/mol. The van der Waals surface area contributed by atoms with Crippen molar-refractivity contribution in [2.75, 3.05) is 13.1 Å². The van der Waals surface area contributed by atoms with Gasteiger partial charge in [0.2, 0.25) is 0 Å². The summed E-state index contributed by atoms with van der Waals surface area (Å²) in [5.74, 6) is 0. The summed E-state index contributed by atoms with van der Waals surface area (Å²) in [5.41, 5.74) is 3.86. The maximum atomic E-state index is 10.4. The molecule has 2 aromatic carbocycles. The van der Waals surface area contributed by atoms with E-state index < -0.39 is 10.1 Å². The predicted molar refractivity (Wildman–Crippen MR) is 118 cm³/mol. The van der Waals surface area contributed by atoms with Gasteiger partial charge in [0.25, 0.3) is 0 Å². The van der Waals surface area contributed by atoms with Gasteiger partial charge in [-0.25, -0.2) is 13.0 Å². The predicted octanol–water partition coefficient (Wildman–Crippen LogP) is 4.93. The summed E-state index contributed by atoms with van der Waals surface area (Å²) in [7, 11) is -4.27. The van der Waals surface area contributed by atoms with E-state index in [1.165, 1.54) is 81.3 Å². The van der Waals surface area contributed by atoms with Crippen molar-refractivity contribution < 1.29 is 17.5 Å². The van der Waals surface area contributed by atoms with Crippen LogP contribution in [0.2, 0.25) is 0 Å². The molecule has 1 aliphatic rings. The molecule has 0 spiro atoms. The molecule has 0 unspecified atom stereocenters. The average molecular weight is 416 g/mol. The van der Waals surface area contributed by atoms with E-state index in [1.807, 2.05) is 6.92 Å². The molecule has 0 atom stereocenters. The number of hydrogen-bond acceptors (Lipinski definition) is 3. The zero-order valence-corrected chi connectivity index (χ0v) is 18.5. The van der Waals surface area contributed by atoms with Crippen molar-refractivity contribution in [3.8, 4) is 0 Å². The minimum absolute atomic E-state index is 0.178. The zero-order chi connectivity index (χ0) is 21.1. The summed E-state index contributed by atoms with van der Waals surface area (Å²) < 4.78 is 33.7. The van der Waals surface area contributed by atoms with Gasteiger partial charge < -0.3 is 4.55 Å². The van der Waals surface area contributed by atoms with Crippen LogP contribution in [0, 0.1) is 6.92 Å². The highest BCUT2D eigenvalue weighted by molar-refractivity contribution is 7.85. The molecule has 1 heterocycles. The molecule has 0 fully saturated rings. The Morgan fingerprint density at radius 3 is 2.28 bits per heavy atom. The third-order valence-electron chi connectivity index (χ3n) is 5.15. The lowest BCUT2D eigenvalue weighted by Gasteiger charge is -2.12. The highest BCUT2D eigenvalue weighted by atomic mass is 32.2. The van der Waals surface area contributed by atoms with Gasteiger partial charge in [-0.05, 0) is 37.1 Å². The van der Waals surface area contributed by atoms with Gasteiger partial charge in [-0.1, -0.05) is 68.5 Å². The number of rotatable bonds is 8. The maximum absolute atomic E-state index is 10.4. The normalized spacial score (nSPS) is 13.1. The molecule has 5 heteroatoms. The van der Waals surface area contributed by atoms with Gasteiger partial charge in [0.1, 0.15) is 23.2 Å². The smallest absolute Gasteiger partial charge is 0.170 e. The molecule has 4 nitrogen and oxygen atoms in total. The zero-order valence-electron chi connectivity index (χ0n) is 17.6. The second-order valence-corrected chi connectivity index (χ2v) is 9.03. The first-order valence-corrected chi connectivity index (χ1v) is 12.0. The van der Waals surface area contributed by atoms with Gasteiger partial charge in [0.15, 0.2) is 6.21 Å². The molecule has 0 bridgehead atoms. The van der Waals surface area contributed by atoms with Crippen molar-refractivity contribution in [3.63, 3.8) is 0 Å². The van der Waals surface area contributed by atoms with Crippen molar-refractivity contribution in [1.29, 1.82) is 0 Å². The molecule has 29 heavy (non-hydrogen) atoms. The standard InChI is InChI=1S/C17H26N.C7H8O3S/c1-2-3-4-5-6-9-13-18-14-12-16-10-7-8-11-17(16)15-18;1-6-2-4-7(5-3-6)11(8,9)10/h7-8,10-11,15H,2-6,9,12-14H2,1H3;2-5H,1H3,(H,8,9,10)/q+1;/p-1. The van der Waals surface area contributed by atoms with Gasteiger partial charge >= 0.3 is 0 Å². The topological polar surface area (TPSA) is 60.2 Å². The van der Waals surface area contributed by atoms with E-state index in [0.29, 0.717) is 0 Å². The fraction of sp³-hybridized carbons (Fsp3) is 0.458. The van der Waals surface area contributed by atoms with Crippen molar-refractivity contribution in [1.82, 2.24) is 0 Å². The highest BCUT2D eigenvalue weighted by Gasteiger charge is 2.14. The van der Waals surface area contributed by atoms with Crippen LogP contribution in [0.3, 0.4) is 0 Å². The fourth-order valence-corrected chi connectivity index (χ4v) is 3.86. The summed E-state index contributed by atoms with van der Waals surface area (Å²) in [5, 5.41) is 0. The molecule has 2 aromatic rings. The lowest BCUT2D eigenvalue weighted by Crippen LogP contribution is -2.23. The van der Waals surface area contributed by atoms with Gasteiger partial charge in [0.05, 0.1) is 4.90 Å². The Morgan fingerprint density at radius 1 is 0.931 bits per heavy atom. The molecule has 158 valence electrons. The SMILES string of the molecule is CCCCCCCC[N+]1=Cc2ccccc2CC1.Cc1ccc(S(=O)(=O)[O-])cc1. The van der Waals surface area contributed by atoms with Gasteiger partial charge in [-0.3, -0.25) is 0 Å². The summed E-state index contributed by atoms with van der Waals surface area (Å²) in [6.45, 7) is 6.54. The molecule has 0 saturated carbocycles. The van der Waals surface area contributed by atoms with E-state index in [0.717, 1.165) is 5.56 Å². The van der Waals surface area contributed by atoms with E-state index in [2.05, 4.69) is 42.0 Å². The number of hydrogen-bond donors (Lipinski definition) is 0. The van der Waals surface area contributed by atoms with Crippen LogP contribution in [-0.2, 0) is 16.5 Å². The summed E-state index contributed by atoms with van der Waals surface area (Å²) >= 11 is 0. The minimum Gasteiger partial charge on any atom is -0.744 e. The highest BCUT2D eigenvalue weighted by Crippen LogP contribution is 2.12. The minimum atomic E-state index is -4.27. The molecule has 3 rings (SSSR count). The molecule has 0 amide bonds. The number of benzene rings is 2. The number of aryl methyl sites for hydroxylation is 1. The van der Waals surface area contributed by atoms with Gasteiger partial charge in [-0.15, -0.1) is 0 Å². The molecule has 0 aliphatic carbocycles. The Labute approximate surface area is 176 Å². The van der Waals surface area contributed by atoms with Crippen molar-refractivity contribution in [3.05, 3.63) is 65.2 Å². The fourth-order valence-electron chi connectivity index (χ4n) is 3.39. The Balaban J connectivity index is 0.000000234. The Kier molecular flexibility index (Phi) is 9.55. The van der Waals surface area contributed by atoms with Crippen LogP contribution >= 0.6 is 0 Å². The molecular formula is C24H33NO3S. The van der Waals surface area contributed by atoms with Crippen LogP contribution in [0.15, 0.2) is 53.4 Å². The first-order chi connectivity index (χ1) is 13.9. The first kappa shape index (κ1) is 23.3. The van der Waals surface area contributed by atoms with Crippen molar-refractivity contribution in [2.45, 2.75) is 63.7 Å². The molecule has 0 N–H and O–H groups in total. The van der Waals surface area contributed by atoms with E-state index in [1.54, 1.807) is 12.1 Å². The molecular weight excluding hydrogens is 382 g/mol. The Morgan fingerprint density at radius 2 is 1.59 bits per heavy atom. The van der Waals surface area contributed by atoms with Crippen LogP contribution in [0.1, 0.15) is 62.1 Å². The van der Waals surface area contributed by atoms with Crippen molar-refractivity contribution in [2.24, 2.45) is 0 Å². The maximum Gasteiger partial charge on any atom is 0.170 e. The van der Waals surface area contributed by atoms with E-state index >= 15 is 0 Å². The summed E-state index contributed by atoms with van der Waals surface area (Å²) in [4.78, 5) is -0.178. The largest absolute Gasteiger partial charge is 0.744 e. The van der Waals surface area contributed by atoms with E-state index in [4.69, 9.17) is 0 Å². The number of fused-ring (bicyclic) bond motifs is 1. The summed E-state index contributed by atoms with van der Waals surface area (Å²) in [6, 6.07) is 14.6. The Bertz CT molecular complexity index is 887. The molecule has 1 aliphatic heterocycles. The van der Waals surface area contributed by atoms with Crippen LogP contribution in [0.5, 0.6) is 0 Å². The van der Waals surface area contributed by atoms with Crippen LogP contribution < -0.4 is 0 Å². The lowest BCUT2D eigenvalue weighted by molar-refractivity contribution is -0.524. The molecule has 0 aromatic heterocycles. The van der Waals surface area contributed by atoms with Crippen LogP contribution in [0.25, 0.3) is 0 Å². The second-order valence-electron chi connectivity index (χ2n) is 7.65. The number of unbranched alkanes of at least 4 members (excludes halogenated alkanes) is 5. The number of nitrogens with zero attached hydrogens (tertiary/aromatic N) is 1. The quantitative estimate of drug-likeness (QED) is 0.349. The molecule has 0 radical (unpaired) electrons. The third kappa shape index (κ3) is 8.50. The van der Waals surface area contributed by atoms with Crippen molar-refractivity contribution >= 4 is 16.3 Å². The average Bonchev–Trinajstić information content (AvgIpc) is 2.70. The van der Waals surface area contributed by atoms with E-state index in [9.17, 15) is 13.0 Å². The third-order valence-corrected chi connectivity index (χ3v) is 6.00. The van der Waals surface area contributed by atoms with Gasteiger partial charge in [0, 0.05) is 18.4 Å². The first-order valence-electron chi connectivity index (χ1n) is 10.6.